The van der Waals surface area contributed by atoms with E-state index in [1.54, 1.807) is 0 Å². The van der Waals surface area contributed by atoms with Gasteiger partial charge in [0.15, 0.2) is 0 Å². The van der Waals surface area contributed by atoms with Crippen molar-refractivity contribution in [3.05, 3.63) is 35.4 Å². The molecule has 2 atom stereocenters. The Morgan fingerprint density at radius 3 is 2.48 bits per heavy atom. The summed E-state index contributed by atoms with van der Waals surface area (Å²) >= 11 is 0. The number of rotatable bonds is 3. The lowest BCUT2D eigenvalue weighted by Gasteiger charge is -2.16. The van der Waals surface area contributed by atoms with Gasteiger partial charge in [0.1, 0.15) is 11.6 Å². The van der Waals surface area contributed by atoms with Crippen LogP contribution in [0.2, 0.25) is 0 Å². The van der Waals surface area contributed by atoms with Crippen molar-refractivity contribution in [2.45, 2.75) is 13.3 Å². The number of amides is 1. The van der Waals surface area contributed by atoms with E-state index < -0.39 is 17.5 Å². The summed E-state index contributed by atoms with van der Waals surface area (Å²) in [5.41, 5.74) is -0.239. The average Bonchev–Trinajstić information content (AvgIpc) is 2.84. The van der Waals surface area contributed by atoms with Crippen LogP contribution in [0.3, 0.4) is 0 Å². The Bertz CT molecular complexity index is 542. The van der Waals surface area contributed by atoms with Crippen molar-refractivity contribution in [1.29, 1.82) is 0 Å². The molecule has 0 N–H and O–H groups in total. The zero-order chi connectivity index (χ0) is 15.6. The number of halogens is 2. The highest BCUT2D eigenvalue weighted by atomic mass is 19.1. The van der Waals surface area contributed by atoms with Crippen LogP contribution in [0.25, 0.3) is 0 Å². The monoisotopic (exact) mass is 297 g/mol. The summed E-state index contributed by atoms with van der Waals surface area (Å²) < 4.78 is 31.8. The minimum atomic E-state index is -0.736. The third-order valence-electron chi connectivity index (χ3n) is 3.86. The lowest BCUT2D eigenvalue weighted by Crippen LogP contribution is -2.31. The Kier molecular flexibility index (Phi) is 4.55. The van der Waals surface area contributed by atoms with Crippen LogP contribution in [0.15, 0.2) is 18.2 Å². The molecule has 0 bridgehead atoms. The molecule has 0 spiro atoms. The largest absolute Gasteiger partial charge is 0.469 e. The first-order valence-electron chi connectivity index (χ1n) is 6.72. The van der Waals surface area contributed by atoms with Crippen LogP contribution >= 0.6 is 0 Å². The van der Waals surface area contributed by atoms with Crippen molar-refractivity contribution in [3.8, 4) is 0 Å². The van der Waals surface area contributed by atoms with E-state index in [0.717, 1.165) is 12.1 Å². The fourth-order valence-corrected chi connectivity index (χ4v) is 2.59. The first kappa shape index (κ1) is 15.4. The highest BCUT2D eigenvalue weighted by Gasteiger charge is 2.37. The summed E-state index contributed by atoms with van der Waals surface area (Å²) in [7, 11) is 1.30. The van der Waals surface area contributed by atoms with Gasteiger partial charge in [-0.3, -0.25) is 9.59 Å². The molecule has 0 aliphatic carbocycles. The van der Waals surface area contributed by atoms with Gasteiger partial charge in [0.05, 0.1) is 19.4 Å². The van der Waals surface area contributed by atoms with Crippen molar-refractivity contribution in [1.82, 2.24) is 4.90 Å². The summed E-state index contributed by atoms with van der Waals surface area (Å²) in [5, 5.41) is 0. The Hall–Kier alpha value is -1.98. The SMILES string of the molecule is COC(=O)C1CN(C(=O)Cc2c(F)cccc2F)CC1C. The molecule has 0 saturated carbocycles. The van der Waals surface area contributed by atoms with Crippen LogP contribution in [-0.4, -0.2) is 37.0 Å². The second-order valence-electron chi connectivity index (χ2n) is 5.28. The number of likely N-dealkylation sites (tertiary alicyclic amines) is 1. The van der Waals surface area contributed by atoms with E-state index in [2.05, 4.69) is 0 Å². The average molecular weight is 297 g/mol. The maximum atomic E-state index is 13.5. The highest BCUT2D eigenvalue weighted by molar-refractivity contribution is 5.81. The predicted molar refractivity (Wildman–Crippen MR) is 71.3 cm³/mol. The van der Waals surface area contributed by atoms with Gasteiger partial charge in [-0.05, 0) is 18.1 Å². The van der Waals surface area contributed by atoms with Crippen molar-refractivity contribution in [2.24, 2.45) is 11.8 Å². The third kappa shape index (κ3) is 3.20. The minimum absolute atomic E-state index is 0.0353. The van der Waals surface area contributed by atoms with Gasteiger partial charge in [0.25, 0.3) is 0 Å². The van der Waals surface area contributed by atoms with E-state index in [1.807, 2.05) is 6.92 Å². The Labute approximate surface area is 121 Å². The number of hydrogen-bond acceptors (Lipinski definition) is 3. The molecule has 1 aliphatic rings. The molecular formula is C15H17F2NO3. The first-order chi connectivity index (χ1) is 9.93. The minimum Gasteiger partial charge on any atom is -0.469 e. The van der Waals surface area contributed by atoms with E-state index in [0.29, 0.717) is 6.54 Å². The van der Waals surface area contributed by atoms with Crippen molar-refractivity contribution < 1.29 is 23.1 Å². The quantitative estimate of drug-likeness (QED) is 0.799. The number of carbonyl (C=O) groups excluding carboxylic acids is 2. The number of hydrogen-bond donors (Lipinski definition) is 0. The standard InChI is InChI=1S/C15H17F2NO3/c1-9-7-18(8-11(9)15(20)21-2)14(19)6-10-12(16)4-3-5-13(10)17/h3-5,9,11H,6-8H2,1-2H3. The van der Waals surface area contributed by atoms with Gasteiger partial charge < -0.3 is 9.64 Å². The maximum Gasteiger partial charge on any atom is 0.310 e. The van der Waals surface area contributed by atoms with E-state index in [1.165, 1.54) is 18.1 Å². The number of nitrogens with zero attached hydrogens (tertiary/aromatic N) is 1. The molecule has 1 aromatic carbocycles. The maximum absolute atomic E-state index is 13.5. The molecule has 1 heterocycles. The molecular weight excluding hydrogens is 280 g/mol. The molecule has 1 amide bonds. The molecule has 0 radical (unpaired) electrons. The molecule has 4 nitrogen and oxygen atoms in total. The van der Waals surface area contributed by atoms with Crippen molar-refractivity contribution in [3.63, 3.8) is 0 Å². The summed E-state index contributed by atoms with van der Waals surface area (Å²) in [6.07, 6.45) is -0.348. The van der Waals surface area contributed by atoms with Gasteiger partial charge in [-0.25, -0.2) is 8.78 Å². The van der Waals surface area contributed by atoms with Gasteiger partial charge in [-0.1, -0.05) is 13.0 Å². The molecule has 1 saturated heterocycles. The van der Waals surface area contributed by atoms with Gasteiger partial charge in [-0.2, -0.15) is 0 Å². The molecule has 1 aliphatic heterocycles. The third-order valence-corrected chi connectivity index (χ3v) is 3.86. The number of esters is 1. The van der Waals surface area contributed by atoms with E-state index >= 15 is 0 Å². The van der Waals surface area contributed by atoms with Crippen LogP contribution < -0.4 is 0 Å². The van der Waals surface area contributed by atoms with E-state index in [9.17, 15) is 18.4 Å². The van der Waals surface area contributed by atoms with Crippen molar-refractivity contribution >= 4 is 11.9 Å². The van der Waals surface area contributed by atoms with Crippen LogP contribution in [0.4, 0.5) is 8.78 Å². The zero-order valence-electron chi connectivity index (χ0n) is 11.9. The Balaban J connectivity index is 2.07. The highest BCUT2D eigenvalue weighted by Crippen LogP contribution is 2.25. The van der Waals surface area contributed by atoms with Crippen LogP contribution in [0.5, 0.6) is 0 Å². The second-order valence-corrected chi connectivity index (χ2v) is 5.28. The van der Waals surface area contributed by atoms with Crippen molar-refractivity contribution in [2.75, 3.05) is 20.2 Å². The fourth-order valence-electron chi connectivity index (χ4n) is 2.59. The summed E-state index contributed by atoms with van der Waals surface area (Å²) in [6.45, 7) is 2.45. The van der Waals surface area contributed by atoms with Crippen LogP contribution in [0, 0.1) is 23.5 Å². The molecule has 2 unspecified atom stereocenters. The summed E-state index contributed by atoms with van der Waals surface area (Å²) in [4.78, 5) is 25.2. The molecule has 0 aromatic heterocycles. The summed E-state index contributed by atoms with van der Waals surface area (Å²) in [6, 6.07) is 3.50. The normalized spacial score (nSPS) is 21.4. The van der Waals surface area contributed by atoms with Gasteiger partial charge in [0, 0.05) is 18.7 Å². The molecule has 1 fully saturated rings. The Morgan fingerprint density at radius 2 is 1.90 bits per heavy atom. The molecule has 21 heavy (non-hydrogen) atoms. The number of benzene rings is 1. The smallest absolute Gasteiger partial charge is 0.310 e. The number of ether oxygens (including phenoxy) is 1. The zero-order valence-corrected chi connectivity index (χ0v) is 11.9. The van der Waals surface area contributed by atoms with Gasteiger partial charge in [-0.15, -0.1) is 0 Å². The van der Waals surface area contributed by atoms with Gasteiger partial charge in [0.2, 0.25) is 5.91 Å². The first-order valence-corrected chi connectivity index (χ1v) is 6.72. The molecule has 2 rings (SSSR count). The van der Waals surface area contributed by atoms with E-state index in [-0.39, 0.29) is 36.3 Å². The number of carbonyl (C=O) groups is 2. The van der Waals surface area contributed by atoms with E-state index in [4.69, 9.17) is 4.74 Å². The number of methoxy groups -OCH3 is 1. The lowest BCUT2D eigenvalue weighted by molar-refractivity contribution is -0.146. The molecule has 114 valence electrons. The van der Waals surface area contributed by atoms with Gasteiger partial charge >= 0.3 is 5.97 Å². The van der Waals surface area contributed by atoms with Crippen LogP contribution in [-0.2, 0) is 20.7 Å². The predicted octanol–water partition coefficient (Wildman–Crippen LogP) is 1.77. The lowest BCUT2D eigenvalue weighted by atomic mass is 9.99. The summed E-state index contributed by atoms with van der Waals surface area (Å²) in [5.74, 6) is -2.65. The fraction of sp³-hybridized carbons (Fsp3) is 0.467. The molecule has 6 heteroatoms. The molecule has 1 aromatic rings. The topological polar surface area (TPSA) is 46.6 Å². The Morgan fingerprint density at radius 1 is 1.29 bits per heavy atom. The van der Waals surface area contributed by atoms with Crippen LogP contribution in [0.1, 0.15) is 12.5 Å². The second kappa shape index (κ2) is 6.20.